The van der Waals surface area contributed by atoms with Crippen molar-refractivity contribution in [3.8, 4) is 0 Å². The lowest BCUT2D eigenvalue weighted by molar-refractivity contribution is 0.0787. The lowest BCUT2D eigenvalue weighted by atomic mass is 10.1. The van der Waals surface area contributed by atoms with Crippen molar-refractivity contribution in [3.05, 3.63) is 34.6 Å². The molecule has 2 rings (SSSR count). The van der Waals surface area contributed by atoms with E-state index in [0.717, 1.165) is 31.3 Å². The highest BCUT2D eigenvalue weighted by Crippen LogP contribution is 2.23. The van der Waals surface area contributed by atoms with Gasteiger partial charge in [0.05, 0.1) is 5.02 Å². The zero-order valence-corrected chi connectivity index (χ0v) is 12.2. The summed E-state index contributed by atoms with van der Waals surface area (Å²) < 4.78 is 13.0. The van der Waals surface area contributed by atoms with Crippen molar-refractivity contribution in [1.82, 2.24) is 4.90 Å². The zero-order valence-electron chi connectivity index (χ0n) is 9.83. The number of rotatable bonds is 3. The van der Waals surface area contributed by atoms with E-state index in [9.17, 15) is 9.18 Å². The van der Waals surface area contributed by atoms with Crippen LogP contribution in [0.25, 0.3) is 0 Å². The van der Waals surface area contributed by atoms with Crippen molar-refractivity contribution in [1.29, 1.82) is 0 Å². The summed E-state index contributed by atoms with van der Waals surface area (Å²) in [6, 6.07) is 4.13. The van der Waals surface area contributed by atoms with Crippen LogP contribution in [0.2, 0.25) is 5.02 Å². The van der Waals surface area contributed by atoms with Crippen LogP contribution in [0.3, 0.4) is 0 Å². The van der Waals surface area contributed by atoms with Crippen molar-refractivity contribution in [2.24, 2.45) is 5.92 Å². The van der Waals surface area contributed by atoms with Gasteiger partial charge < -0.3 is 4.90 Å². The lowest BCUT2D eigenvalue weighted by Crippen LogP contribution is -2.28. The molecule has 1 aliphatic heterocycles. The van der Waals surface area contributed by atoms with Gasteiger partial charge in [0, 0.05) is 24.0 Å². The molecule has 1 saturated heterocycles. The lowest BCUT2D eigenvalue weighted by Gasteiger charge is -2.16. The number of carbonyl (C=O) groups excluding carboxylic acids is 1. The molecule has 1 fully saturated rings. The number of carbonyl (C=O) groups is 1. The average Bonchev–Trinajstić information content (AvgIpc) is 2.81. The number of alkyl halides is 1. The topological polar surface area (TPSA) is 20.3 Å². The van der Waals surface area contributed by atoms with E-state index in [1.165, 1.54) is 18.2 Å². The fraction of sp³-hybridized carbons (Fsp3) is 0.462. The summed E-state index contributed by atoms with van der Waals surface area (Å²) in [4.78, 5) is 14.0. The molecule has 0 bridgehead atoms. The van der Waals surface area contributed by atoms with E-state index < -0.39 is 5.82 Å². The van der Waals surface area contributed by atoms with E-state index in [1.54, 1.807) is 0 Å². The van der Waals surface area contributed by atoms with Crippen LogP contribution in [0.4, 0.5) is 4.39 Å². The predicted octanol–water partition coefficient (Wildman–Crippen LogP) is 3.73. The minimum absolute atomic E-state index is 0.00273. The molecule has 0 radical (unpaired) electrons. The molecule has 1 aromatic carbocycles. The summed E-state index contributed by atoms with van der Waals surface area (Å²) in [5.74, 6) is 0.00465. The van der Waals surface area contributed by atoms with Gasteiger partial charge >= 0.3 is 0 Å². The highest BCUT2D eigenvalue weighted by atomic mass is 79.9. The molecule has 1 amide bonds. The molecule has 1 heterocycles. The number of likely N-dealkylation sites (tertiary alicyclic amines) is 1. The summed E-state index contributed by atoms with van der Waals surface area (Å²) in [5.41, 5.74) is 0.459. The Morgan fingerprint density at radius 3 is 3.00 bits per heavy atom. The monoisotopic (exact) mass is 333 g/mol. The fourth-order valence-corrected chi connectivity index (χ4v) is 3.05. The summed E-state index contributed by atoms with van der Waals surface area (Å²) in [6.45, 7) is 1.55. The molecule has 2 nitrogen and oxygen atoms in total. The highest BCUT2D eigenvalue weighted by Gasteiger charge is 2.26. The zero-order chi connectivity index (χ0) is 13.1. The van der Waals surface area contributed by atoms with E-state index in [-0.39, 0.29) is 10.9 Å². The number of benzene rings is 1. The molecule has 98 valence electrons. The van der Waals surface area contributed by atoms with Crippen molar-refractivity contribution < 1.29 is 9.18 Å². The minimum atomic E-state index is -0.494. The summed E-state index contributed by atoms with van der Waals surface area (Å²) in [5, 5.41) is 0.958. The summed E-state index contributed by atoms with van der Waals surface area (Å²) >= 11 is 9.11. The average molecular weight is 335 g/mol. The van der Waals surface area contributed by atoms with Crippen LogP contribution in [0.15, 0.2) is 18.2 Å². The van der Waals surface area contributed by atoms with Gasteiger partial charge in [0.15, 0.2) is 0 Å². The van der Waals surface area contributed by atoms with Crippen LogP contribution in [0.1, 0.15) is 23.2 Å². The van der Waals surface area contributed by atoms with E-state index in [1.807, 2.05) is 4.90 Å². The van der Waals surface area contributed by atoms with Crippen LogP contribution in [-0.4, -0.2) is 29.2 Å². The molecular weight excluding hydrogens is 321 g/mol. The van der Waals surface area contributed by atoms with Crippen LogP contribution in [0.5, 0.6) is 0 Å². The maximum absolute atomic E-state index is 13.0. The molecule has 1 aromatic rings. The molecule has 0 aliphatic carbocycles. The Kier molecular flexibility index (Phi) is 4.62. The second-order valence-corrected chi connectivity index (χ2v) is 5.71. The first kappa shape index (κ1) is 13.8. The van der Waals surface area contributed by atoms with Gasteiger partial charge in [0.1, 0.15) is 5.82 Å². The molecule has 18 heavy (non-hydrogen) atoms. The molecule has 0 spiro atoms. The standard InChI is InChI=1S/C13H14BrClFNO/c14-5-3-9-4-6-17(8-9)13(18)10-1-2-12(16)11(15)7-10/h1-2,7,9H,3-6,8H2. The third-order valence-corrected chi connectivity index (χ3v) is 4.00. The highest BCUT2D eigenvalue weighted by molar-refractivity contribution is 9.09. The predicted molar refractivity (Wildman–Crippen MR) is 73.8 cm³/mol. The maximum Gasteiger partial charge on any atom is 0.253 e. The SMILES string of the molecule is O=C(c1ccc(F)c(Cl)c1)N1CCC(CCBr)C1. The van der Waals surface area contributed by atoms with Gasteiger partial charge in [0.2, 0.25) is 0 Å². The van der Waals surface area contributed by atoms with E-state index in [0.29, 0.717) is 11.5 Å². The minimum Gasteiger partial charge on any atom is -0.338 e. The van der Waals surface area contributed by atoms with E-state index in [4.69, 9.17) is 11.6 Å². The third kappa shape index (κ3) is 3.04. The Labute approximate surface area is 119 Å². The first-order valence-electron chi connectivity index (χ1n) is 5.92. The number of nitrogens with zero attached hydrogens (tertiary/aromatic N) is 1. The second kappa shape index (κ2) is 6.02. The molecule has 0 aromatic heterocycles. The van der Waals surface area contributed by atoms with Gasteiger partial charge in [-0.2, -0.15) is 0 Å². The van der Waals surface area contributed by atoms with Gasteiger partial charge in [0.25, 0.3) is 5.91 Å². The fourth-order valence-electron chi connectivity index (χ4n) is 2.22. The molecule has 1 aliphatic rings. The van der Waals surface area contributed by atoms with Crippen LogP contribution in [0, 0.1) is 11.7 Å². The molecular formula is C13H14BrClFNO. The van der Waals surface area contributed by atoms with Crippen molar-refractivity contribution in [2.75, 3.05) is 18.4 Å². The van der Waals surface area contributed by atoms with Crippen LogP contribution in [-0.2, 0) is 0 Å². The molecule has 5 heteroatoms. The smallest absolute Gasteiger partial charge is 0.253 e. The van der Waals surface area contributed by atoms with Gasteiger partial charge in [-0.15, -0.1) is 0 Å². The van der Waals surface area contributed by atoms with Crippen molar-refractivity contribution in [2.45, 2.75) is 12.8 Å². The van der Waals surface area contributed by atoms with Crippen LogP contribution < -0.4 is 0 Å². The van der Waals surface area contributed by atoms with Gasteiger partial charge in [-0.25, -0.2) is 4.39 Å². The number of hydrogen-bond donors (Lipinski definition) is 0. The van der Waals surface area contributed by atoms with E-state index in [2.05, 4.69) is 15.9 Å². The molecule has 0 saturated carbocycles. The Balaban J connectivity index is 2.05. The second-order valence-electron chi connectivity index (χ2n) is 4.51. The molecule has 0 N–H and O–H groups in total. The number of hydrogen-bond acceptors (Lipinski definition) is 1. The third-order valence-electron chi connectivity index (χ3n) is 3.26. The Hall–Kier alpha value is -0.610. The molecule has 1 atom stereocenters. The van der Waals surface area contributed by atoms with Crippen molar-refractivity contribution in [3.63, 3.8) is 0 Å². The number of amides is 1. The summed E-state index contributed by atoms with van der Waals surface area (Å²) in [7, 11) is 0. The molecule has 1 unspecified atom stereocenters. The van der Waals surface area contributed by atoms with E-state index >= 15 is 0 Å². The van der Waals surface area contributed by atoms with Crippen LogP contribution >= 0.6 is 27.5 Å². The Morgan fingerprint density at radius 1 is 1.56 bits per heavy atom. The number of halogens is 3. The van der Waals surface area contributed by atoms with Gasteiger partial charge in [-0.1, -0.05) is 27.5 Å². The maximum atomic E-state index is 13.0. The quantitative estimate of drug-likeness (QED) is 0.771. The first-order valence-corrected chi connectivity index (χ1v) is 7.42. The van der Waals surface area contributed by atoms with Gasteiger partial charge in [-0.3, -0.25) is 4.79 Å². The van der Waals surface area contributed by atoms with Crippen molar-refractivity contribution >= 4 is 33.4 Å². The Bertz CT molecular complexity index is 455. The largest absolute Gasteiger partial charge is 0.338 e. The normalized spacial score (nSPS) is 19.3. The first-order chi connectivity index (χ1) is 8.61. The summed E-state index contributed by atoms with van der Waals surface area (Å²) in [6.07, 6.45) is 2.11. The van der Waals surface area contributed by atoms with Gasteiger partial charge in [-0.05, 0) is 37.0 Å². The Morgan fingerprint density at radius 2 is 2.33 bits per heavy atom.